The molecule has 3 unspecified atom stereocenters. The summed E-state index contributed by atoms with van der Waals surface area (Å²) in [6, 6.07) is 0. The minimum atomic E-state index is -0.746. The summed E-state index contributed by atoms with van der Waals surface area (Å²) in [5, 5.41) is 31.1. The number of nitrogens with zero attached hydrogens (tertiary/aromatic N) is 2. The van der Waals surface area contributed by atoms with Crippen LogP contribution in [0, 0.1) is 0 Å². The van der Waals surface area contributed by atoms with Gasteiger partial charge in [-0.05, 0) is 107 Å². The van der Waals surface area contributed by atoms with Crippen molar-refractivity contribution in [1.82, 2.24) is 9.80 Å². The molecule has 0 amide bonds. The molecule has 2 aliphatic heterocycles. The molecule has 42 heavy (non-hydrogen) atoms. The Morgan fingerprint density at radius 3 is 1.45 bits per heavy atom. The van der Waals surface area contributed by atoms with Crippen LogP contribution in [-0.2, 0) is 9.47 Å². The molecule has 0 spiro atoms. The van der Waals surface area contributed by atoms with E-state index < -0.39 is 12.2 Å². The summed E-state index contributed by atoms with van der Waals surface area (Å²) in [4.78, 5) is 4.87. The van der Waals surface area contributed by atoms with E-state index in [9.17, 15) is 15.3 Å². The van der Waals surface area contributed by atoms with Crippen molar-refractivity contribution in [1.29, 1.82) is 0 Å². The topological polar surface area (TPSA) is 85.6 Å². The number of ether oxygens (including phenoxy) is 2. The lowest BCUT2D eigenvalue weighted by Gasteiger charge is -2.55. The van der Waals surface area contributed by atoms with Gasteiger partial charge in [-0.25, -0.2) is 0 Å². The van der Waals surface area contributed by atoms with Crippen LogP contribution in [0.1, 0.15) is 146 Å². The van der Waals surface area contributed by atoms with Gasteiger partial charge in [0.25, 0.3) is 0 Å². The fraction of sp³-hybridized carbons (Fsp3) is 1.00. The summed E-state index contributed by atoms with van der Waals surface area (Å²) >= 11 is 0. The summed E-state index contributed by atoms with van der Waals surface area (Å²) in [7, 11) is 0. The zero-order chi connectivity index (χ0) is 31.8. The Labute approximate surface area is 259 Å². The maximum atomic E-state index is 11.0. The maximum Gasteiger partial charge on any atom is 0.0923 e. The van der Waals surface area contributed by atoms with E-state index in [4.69, 9.17) is 9.47 Å². The molecule has 0 bridgehead atoms. The average molecular weight is 599 g/mol. The monoisotopic (exact) mass is 599 g/mol. The van der Waals surface area contributed by atoms with Gasteiger partial charge in [0.2, 0.25) is 0 Å². The fourth-order valence-corrected chi connectivity index (χ4v) is 8.01. The van der Waals surface area contributed by atoms with Crippen LogP contribution in [0.25, 0.3) is 0 Å². The number of hydrogen-bond donors (Lipinski definition) is 3. The summed E-state index contributed by atoms with van der Waals surface area (Å²) in [6.07, 6.45) is 11.4. The zero-order valence-electron chi connectivity index (χ0n) is 29.3. The Balaban J connectivity index is 1.68. The standard InChI is InChI=1S/C35H70N2O5/c1-11-12-16-19-41-29-21-32(3,4)36(33(5,6)22-29)25-28(39)18-15-13-14-17-20-42-30-23-34(7,8)37(35(9,10)24-30)26-31(40)27(2)38/h27-31,38-40H,11-26H2,1-10H3. The van der Waals surface area contributed by atoms with Crippen molar-refractivity contribution in [2.45, 2.75) is 199 Å². The molecule has 2 aliphatic rings. The molecule has 0 aliphatic carbocycles. The Morgan fingerprint density at radius 2 is 1.02 bits per heavy atom. The van der Waals surface area contributed by atoms with Gasteiger partial charge in [-0.2, -0.15) is 0 Å². The van der Waals surface area contributed by atoms with Crippen LogP contribution in [0.15, 0.2) is 0 Å². The van der Waals surface area contributed by atoms with Crippen molar-refractivity contribution >= 4 is 0 Å². The summed E-state index contributed by atoms with van der Waals surface area (Å²) < 4.78 is 12.7. The second-order valence-electron chi connectivity index (χ2n) is 16.1. The van der Waals surface area contributed by atoms with Crippen molar-refractivity contribution in [3.8, 4) is 0 Å². The van der Waals surface area contributed by atoms with Gasteiger partial charge in [0, 0.05) is 48.5 Å². The zero-order valence-corrected chi connectivity index (χ0v) is 29.3. The van der Waals surface area contributed by atoms with Gasteiger partial charge in [0.15, 0.2) is 0 Å². The molecule has 0 saturated carbocycles. The lowest BCUT2D eigenvalue weighted by atomic mass is 9.77. The summed E-state index contributed by atoms with van der Waals surface area (Å²) in [6.45, 7) is 24.8. The molecular formula is C35H70N2O5. The Hall–Kier alpha value is -0.280. The Morgan fingerprint density at radius 1 is 0.619 bits per heavy atom. The van der Waals surface area contributed by atoms with Crippen LogP contribution in [0.5, 0.6) is 0 Å². The van der Waals surface area contributed by atoms with Crippen LogP contribution < -0.4 is 0 Å². The predicted octanol–water partition coefficient (Wildman–Crippen LogP) is 6.31. The van der Waals surface area contributed by atoms with Gasteiger partial charge < -0.3 is 24.8 Å². The Kier molecular flexibility index (Phi) is 14.7. The van der Waals surface area contributed by atoms with Crippen molar-refractivity contribution in [2.24, 2.45) is 0 Å². The molecule has 0 radical (unpaired) electrons. The first-order valence-electron chi connectivity index (χ1n) is 17.2. The van der Waals surface area contributed by atoms with Gasteiger partial charge in [-0.1, -0.05) is 39.0 Å². The lowest BCUT2D eigenvalue weighted by Crippen LogP contribution is -2.64. The van der Waals surface area contributed by atoms with Gasteiger partial charge in [-0.3, -0.25) is 9.80 Å². The predicted molar refractivity (Wildman–Crippen MR) is 174 cm³/mol. The highest BCUT2D eigenvalue weighted by Gasteiger charge is 2.47. The number of likely N-dealkylation sites (tertiary alicyclic amines) is 2. The van der Waals surface area contributed by atoms with Crippen molar-refractivity contribution in [3.05, 3.63) is 0 Å². The molecule has 2 saturated heterocycles. The molecule has 3 N–H and O–H groups in total. The first-order valence-corrected chi connectivity index (χ1v) is 17.2. The van der Waals surface area contributed by atoms with Crippen LogP contribution >= 0.6 is 0 Å². The van der Waals surface area contributed by atoms with E-state index in [1.54, 1.807) is 6.92 Å². The van der Waals surface area contributed by atoms with Crippen molar-refractivity contribution in [3.63, 3.8) is 0 Å². The molecule has 3 atom stereocenters. The van der Waals surface area contributed by atoms with Crippen LogP contribution in [0.3, 0.4) is 0 Å². The largest absolute Gasteiger partial charge is 0.392 e. The van der Waals surface area contributed by atoms with E-state index in [0.29, 0.717) is 12.6 Å². The number of β-amino-alcohol motifs (C(OH)–C–C–N with tert-alkyl or cyclic N) is 2. The van der Waals surface area contributed by atoms with Crippen LogP contribution in [-0.4, -0.2) is 104 Å². The fourth-order valence-electron chi connectivity index (χ4n) is 8.01. The number of hydrogen-bond acceptors (Lipinski definition) is 7. The van der Waals surface area contributed by atoms with E-state index in [-0.39, 0.29) is 34.4 Å². The maximum absolute atomic E-state index is 11.0. The molecule has 0 aromatic rings. The third-order valence-electron chi connectivity index (χ3n) is 10.0. The Bertz CT molecular complexity index is 732. The second kappa shape index (κ2) is 16.3. The van der Waals surface area contributed by atoms with Crippen LogP contribution in [0.2, 0.25) is 0 Å². The van der Waals surface area contributed by atoms with Gasteiger partial charge in [-0.15, -0.1) is 0 Å². The third kappa shape index (κ3) is 11.6. The minimum absolute atomic E-state index is 0.00579. The number of aliphatic hydroxyl groups excluding tert-OH is 3. The van der Waals surface area contributed by atoms with Crippen molar-refractivity contribution in [2.75, 3.05) is 26.3 Å². The number of unbranched alkanes of at least 4 members (excludes halogenated alkanes) is 5. The smallest absolute Gasteiger partial charge is 0.0923 e. The molecular weight excluding hydrogens is 528 g/mol. The molecule has 0 aromatic heterocycles. The van der Waals surface area contributed by atoms with Crippen LogP contribution in [0.4, 0.5) is 0 Å². The number of piperidine rings is 2. The summed E-state index contributed by atoms with van der Waals surface area (Å²) in [5.41, 5.74) is -0.214. The van der Waals surface area contributed by atoms with E-state index in [2.05, 4.69) is 72.1 Å². The first-order chi connectivity index (χ1) is 19.4. The third-order valence-corrected chi connectivity index (χ3v) is 10.0. The van der Waals surface area contributed by atoms with E-state index in [1.807, 2.05) is 0 Å². The molecule has 2 fully saturated rings. The van der Waals surface area contributed by atoms with Gasteiger partial charge >= 0.3 is 0 Å². The summed E-state index contributed by atoms with van der Waals surface area (Å²) in [5.74, 6) is 0. The quantitative estimate of drug-likeness (QED) is 0.160. The molecule has 0 aromatic carbocycles. The number of aliphatic hydroxyl groups is 3. The molecule has 2 rings (SSSR count). The molecule has 250 valence electrons. The average Bonchev–Trinajstić information content (AvgIpc) is 2.84. The van der Waals surface area contributed by atoms with Crippen molar-refractivity contribution < 1.29 is 24.8 Å². The van der Waals surface area contributed by atoms with E-state index >= 15 is 0 Å². The highest BCUT2D eigenvalue weighted by atomic mass is 16.5. The van der Waals surface area contributed by atoms with Gasteiger partial charge in [0.1, 0.15) is 0 Å². The normalized spacial score (nSPS) is 25.4. The molecule has 7 nitrogen and oxygen atoms in total. The highest BCUT2D eigenvalue weighted by molar-refractivity contribution is 5.02. The minimum Gasteiger partial charge on any atom is -0.392 e. The number of rotatable bonds is 18. The van der Waals surface area contributed by atoms with Gasteiger partial charge in [0.05, 0.1) is 30.5 Å². The lowest BCUT2D eigenvalue weighted by molar-refractivity contribution is -0.124. The second-order valence-corrected chi connectivity index (χ2v) is 16.1. The molecule has 7 heteroatoms. The molecule has 2 heterocycles. The first kappa shape index (κ1) is 37.9. The van der Waals surface area contributed by atoms with E-state index in [0.717, 1.165) is 84.0 Å². The highest BCUT2D eigenvalue weighted by Crippen LogP contribution is 2.41. The SMILES string of the molecule is CCCCCOC1CC(C)(C)N(CC(O)CCCCCCOC2CC(C)(C)N(CC(O)C(C)O)C(C)(C)C2)C(C)(C)C1. The van der Waals surface area contributed by atoms with E-state index in [1.165, 1.54) is 12.8 Å².